The SMILES string of the molecule is CCC(CN)N1CCN(C(=O)c2cncnc2)CC1. The molecule has 1 fully saturated rings. The van der Waals surface area contributed by atoms with Gasteiger partial charge in [0.1, 0.15) is 6.33 Å². The first-order valence-electron chi connectivity index (χ1n) is 6.74. The van der Waals surface area contributed by atoms with Crippen LogP contribution in [0.15, 0.2) is 18.7 Å². The number of piperazine rings is 1. The lowest BCUT2D eigenvalue weighted by Crippen LogP contribution is -2.53. The average molecular weight is 263 g/mol. The molecule has 1 aliphatic heterocycles. The van der Waals surface area contributed by atoms with Crippen molar-refractivity contribution in [3.63, 3.8) is 0 Å². The first-order chi connectivity index (χ1) is 9.26. The van der Waals surface area contributed by atoms with E-state index in [4.69, 9.17) is 5.73 Å². The van der Waals surface area contributed by atoms with Crippen LogP contribution < -0.4 is 5.73 Å². The van der Waals surface area contributed by atoms with Gasteiger partial charge in [0.05, 0.1) is 5.56 Å². The molecule has 1 aromatic heterocycles. The van der Waals surface area contributed by atoms with Gasteiger partial charge in [-0.3, -0.25) is 9.69 Å². The Morgan fingerprint density at radius 1 is 1.32 bits per heavy atom. The standard InChI is InChI=1S/C13H21N5O/c1-2-12(7-14)17-3-5-18(6-4-17)13(19)11-8-15-10-16-9-11/h8-10,12H,2-7,14H2,1H3. The van der Waals surface area contributed by atoms with Gasteiger partial charge in [-0.15, -0.1) is 0 Å². The van der Waals surface area contributed by atoms with Gasteiger partial charge >= 0.3 is 0 Å². The molecule has 19 heavy (non-hydrogen) atoms. The van der Waals surface area contributed by atoms with Crippen molar-refractivity contribution in [2.45, 2.75) is 19.4 Å². The Morgan fingerprint density at radius 2 is 1.95 bits per heavy atom. The third kappa shape index (κ3) is 3.27. The number of hydrogen-bond acceptors (Lipinski definition) is 5. The molecule has 1 saturated heterocycles. The molecule has 1 aromatic rings. The van der Waals surface area contributed by atoms with E-state index in [1.807, 2.05) is 4.90 Å². The third-order valence-electron chi connectivity index (χ3n) is 3.67. The van der Waals surface area contributed by atoms with Gasteiger partial charge in [-0.25, -0.2) is 9.97 Å². The predicted molar refractivity (Wildman–Crippen MR) is 72.6 cm³/mol. The molecule has 0 saturated carbocycles. The second-order valence-electron chi connectivity index (χ2n) is 4.75. The number of aromatic nitrogens is 2. The van der Waals surface area contributed by atoms with Gasteiger partial charge in [0.25, 0.3) is 5.91 Å². The van der Waals surface area contributed by atoms with Crippen molar-refractivity contribution in [2.75, 3.05) is 32.7 Å². The third-order valence-corrected chi connectivity index (χ3v) is 3.67. The zero-order chi connectivity index (χ0) is 13.7. The fourth-order valence-corrected chi connectivity index (χ4v) is 2.46. The molecule has 2 rings (SSSR count). The first kappa shape index (κ1) is 13.9. The maximum Gasteiger partial charge on any atom is 0.257 e. The molecular formula is C13H21N5O. The highest BCUT2D eigenvalue weighted by Crippen LogP contribution is 2.11. The lowest BCUT2D eigenvalue weighted by molar-refractivity contribution is 0.0570. The monoisotopic (exact) mass is 263 g/mol. The Bertz CT molecular complexity index is 399. The highest BCUT2D eigenvalue weighted by Gasteiger charge is 2.25. The minimum Gasteiger partial charge on any atom is -0.336 e. The minimum atomic E-state index is 0.0149. The second-order valence-corrected chi connectivity index (χ2v) is 4.75. The van der Waals surface area contributed by atoms with Gasteiger partial charge in [-0.2, -0.15) is 0 Å². The van der Waals surface area contributed by atoms with Crippen LogP contribution in [0.5, 0.6) is 0 Å². The highest BCUT2D eigenvalue weighted by atomic mass is 16.2. The van der Waals surface area contributed by atoms with Gasteiger partial charge in [-0.1, -0.05) is 6.92 Å². The summed E-state index contributed by atoms with van der Waals surface area (Å²) >= 11 is 0. The van der Waals surface area contributed by atoms with Gasteiger partial charge < -0.3 is 10.6 Å². The zero-order valence-electron chi connectivity index (χ0n) is 11.3. The molecule has 2 N–H and O–H groups in total. The van der Waals surface area contributed by atoms with E-state index in [9.17, 15) is 4.79 Å². The van der Waals surface area contributed by atoms with Crippen molar-refractivity contribution in [2.24, 2.45) is 5.73 Å². The summed E-state index contributed by atoms with van der Waals surface area (Å²) in [4.78, 5) is 24.2. The van der Waals surface area contributed by atoms with Crippen molar-refractivity contribution in [1.82, 2.24) is 19.8 Å². The van der Waals surface area contributed by atoms with Crippen LogP contribution in [-0.4, -0.2) is 64.4 Å². The Labute approximate surface area is 113 Å². The van der Waals surface area contributed by atoms with Crippen LogP contribution >= 0.6 is 0 Å². The Balaban J connectivity index is 1.91. The number of nitrogens with zero attached hydrogens (tertiary/aromatic N) is 4. The minimum absolute atomic E-state index is 0.0149. The van der Waals surface area contributed by atoms with E-state index >= 15 is 0 Å². The van der Waals surface area contributed by atoms with Crippen molar-refractivity contribution < 1.29 is 4.79 Å². The topological polar surface area (TPSA) is 75.3 Å². The summed E-state index contributed by atoms with van der Waals surface area (Å²) in [5.74, 6) is 0.0149. The fourth-order valence-electron chi connectivity index (χ4n) is 2.46. The molecule has 1 atom stereocenters. The summed E-state index contributed by atoms with van der Waals surface area (Å²) in [6, 6.07) is 0.428. The summed E-state index contributed by atoms with van der Waals surface area (Å²) in [7, 11) is 0. The summed E-state index contributed by atoms with van der Waals surface area (Å²) in [6.45, 7) is 6.08. The molecule has 2 heterocycles. The number of hydrogen-bond donors (Lipinski definition) is 1. The lowest BCUT2D eigenvalue weighted by Gasteiger charge is -2.38. The van der Waals surface area contributed by atoms with Crippen LogP contribution in [0.25, 0.3) is 0 Å². The maximum atomic E-state index is 12.2. The molecule has 6 heteroatoms. The van der Waals surface area contributed by atoms with E-state index in [1.165, 1.54) is 6.33 Å². The van der Waals surface area contributed by atoms with Gasteiger partial charge in [0, 0.05) is 51.2 Å². The Kier molecular flexibility index (Phi) is 4.81. The molecule has 0 radical (unpaired) electrons. The van der Waals surface area contributed by atoms with Crippen molar-refractivity contribution >= 4 is 5.91 Å². The highest BCUT2D eigenvalue weighted by molar-refractivity contribution is 5.93. The van der Waals surface area contributed by atoms with E-state index in [0.29, 0.717) is 18.2 Å². The van der Waals surface area contributed by atoms with Crippen molar-refractivity contribution in [1.29, 1.82) is 0 Å². The number of carbonyl (C=O) groups excluding carboxylic acids is 1. The molecular weight excluding hydrogens is 242 g/mol. The summed E-state index contributed by atoms with van der Waals surface area (Å²) < 4.78 is 0. The lowest BCUT2D eigenvalue weighted by atomic mass is 10.1. The van der Waals surface area contributed by atoms with E-state index in [2.05, 4.69) is 21.8 Å². The largest absolute Gasteiger partial charge is 0.336 e. The zero-order valence-corrected chi connectivity index (χ0v) is 11.3. The van der Waals surface area contributed by atoms with Crippen LogP contribution in [0.1, 0.15) is 23.7 Å². The van der Waals surface area contributed by atoms with Gasteiger partial charge in [0.2, 0.25) is 0 Å². The first-order valence-corrected chi connectivity index (χ1v) is 6.74. The van der Waals surface area contributed by atoms with E-state index in [0.717, 1.165) is 32.6 Å². The quantitative estimate of drug-likeness (QED) is 0.825. The molecule has 0 spiro atoms. The second kappa shape index (κ2) is 6.58. The molecule has 104 valence electrons. The summed E-state index contributed by atoms with van der Waals surface area (Å²) in [5.41, 5.74) is 6.32. The van der Waals surface area contributed by atoms with Crippen molar-refractivity contribution in [3.05, 3.63) is 24.3 Å². The smallest absolute Gasteiger partial charge is 0.257 e. The summed E-state index contributed by atoms with van der Waals surface area (Å²) in [5, 5.41) is 0. The normalized spacial score (nSPS) is 18.3. The molecule has 0 bridgehead atoms. The van der Waals surface area contributed by atoms with Crippen LogP contribution in [0.3, 0.4) is 0 Å². The van der Waals surface area contributed by atoms with Crippen LogP contribution in [0, 0.1) is 0 Å². The Morgan fingerprint density at radius 3 is 2.47 bits per heavy atom. The molecule has 1 amide bonds. The van der Waals surface area contributed by atoms with Crippen LogP contribution in [-0.2, 0) is 0 Å². The van der Waals surface area contributed by atoms with Gasteiger partial charge in [0.15, 0.2) is 0 Å². The molecule has 0 aliphatic carbocycles. The Hall–Kier alpha value is -1.53. The molecule has 1 aliphatic rings. The summed E-state index contributed by atoms with van der Waals surface area (Å²) in [6.07, 6.45) is 5.62. The molecule has 6 nitrogen and oxygen atoms in total. The van der Waals surface area contributed by atoms with E-state index in [1.54, 1.807) is 12.4 Å². The molecule has 0 aromatic carbocycles. The van der Waals surface area contributed by atoms with Gasteiger partial charge in [-0.05, 0) is 6.42 Å². The number of carbonyl (C=O) groups is 1. The van der Waals surface area contributed by atoms with Crippen molar-refractivity contribution in [3.8, 4) is 0 Å². The molecule has 1 unspecified atom stereocenters. The van der Waals surface area contributed by atoms with Crippen LogP contribution in [0.4, 0.5) is 0 Å². The number of amides is 1. The van der Waals surface area contributed by atoms with E-state index < -0.39 is 0 Å². The van der Waals surface area contributed by atoms with Crippen LogP contribution in [0.2, 0.25) is 0 Å². The van der Waals surface area contributed by atoms with E-state index in [-0.39, 0.29) is 5.91 Å². The number of rotatable bonds is 4. The maximum absolute atomic E-state index is 12.2. The fraction of sp³-hybridized carbons (Fsp3) is 0.615. The average Bonchev–Trinajstić information content (AvgIpc) is 2.49. The number of nitrogens with two attached hydrogens (primary N) is 1. The predicted octanol–water partition coefficient (Wildman–Crippen LogP) is -0.0283.